The molecule has 0 aliphatic heterocycles. The van der Waals surface area contributed by atoms with Crippen LogP contribution >= 0.6 is 0 Å². The quantitative estimate of drug-likeness (QED) is 0.714. The molecule has 0 unspecified atom stereocenters. The maximum absolute atomic E-state index is 11.4. The second-order valence-corrected chi connectivity index (χ2v) is 4.95. The number of rotatable bonds is 3. The van der Waals surface area contributed by atoms with E-state index in [-0.39, 0.29) is 27.1 Å². The zero-order chi connectivity index (χ0) is 8.20. The average molecular weight is 345 g/mol. The van der Waals surface area contributed by atoms with E-state index in [0.717, 1.165) is 0 Å². The summed E-state index contributed by atoms with van der Waals surface area (Å²) in [6, 6.07) is 0.121. The van der Waals surface area contributed by atoms with Crippen LogP contribution in [0.3, 0.4) is 0 Å². The Kier molecular flexibility index (Phi) is 7.98. The fourth-order valence-electron chi connectivity index (χ4n) is 0.592. The molecule has 0 amide bonds. The molecule has 0 aromatic heterocycles. The zero-order valence-corrected chi connectivity index (χ0v) is 10.8. The van der Waals surface area contributed by atoms with Gasteiger partial charge in [0, 0.05) is 0 Å². The topological polar surface area (TPSA) is 29.4 Å². The third-order valence-corrected chi connectivity index (χ3v) is 3.12. The van der Waals surface area contributed by atoms with Gasteiger partial charge in [0.05, 0.1) is 6.04 Å². The van der Waals surface area contributed by atoms with Crippen LogP contribution in [0.15, 0.2) is 4.36 Å². The first kappa shape index (κ1) is 14.2. The average Bonchev–Trinajstić information content (AvgIpc) is 1.87. The van der Waals surface area contributed by atoms with E-state index in [1.807, 2.05) is 13.8 Å². The fourth-order valence-corrected chi connectivity index (χ4v) is 1.78. The third kappa shape index (κ3) is 5.86. The Morgan fingerprint density at radius 2 is 1.73 bits per heavy atom. The van der Waals surface area contributed by atoms with E-state index in [2.05, 4.69) is 18.2 Å². The Bertz CT molecular complexity index is 185. The van der Waals surface area contributed by atoms with Gasteiger partial charge in [0.15, 0.2) is 0 Å². The van der Waals surface area contributed by atoms with Gasteiger partial charge in [-0.05, 0) is 23.6 Å². The molecule has 0 aromatic carbocycles. The fraction of sp³-hybridized carbons (Fsp3) is 0.714. The van der Waals surface area contributed by atoms with Gasteiger partial charge in [-0.2, -0.15) is 0 Å². The van der Waals surface area contributed by atoms with Crippen molar-refractivity contribution in [1.29, 1.82) is 0 Å². The normalized spacial score (nSPS) is 11.0. The summed E-state index contributed by atoms with van der Waals surface area (Å²) in [5, 5.41) is 0. The molecule has 66 valence electrons. The summed E-state index contributed by atoms with van der Waals surface area (Å²) in [6.45, 7) is 11.0. The summed E-state index contributed by atoms with van der Waals surface area (Å²) in [6.07, 6.45) is 0. The van der Waals surface area contributed by atoms with Crippen LogP contribution in [0, 0.1) is 13.8 Å². The van der Waals surface area contributed by atoms with E-state index in [4.69, 9.17) is 0 Å². The molecule has 0 aromatic rings. The van der Waals surface area contributed by atoms with Crippen LogP contribution in [0.5, 0.6) is 0 Å². The first-order valence-electron chi connectivity index (χ1n) is 3.34. The molecule has 0 heterocycles. The van der Waals surface area contributed by atoms with Crippen molar-refractivity contribution in [2.45, 2.75) is 19.9 Å². The van der Waals surface area contributed by atoms with Crippen molar-refractivity contribution < 1.29 is 25.3 Å². The van der Waals surface area contributed by atoms with Crippen molar-refractivity contribution >= 4 is 9.73 Å². The van der Waals surface area contributed by atoms with Crippen molar-refractivity contribution in [2.24, 2.45) is 4.36 Å². The second kappa shape index (κ2) is 6.19. The SMILES string of the molecule is [CH2-]CS(=O)(C[CH2-])=NC(C)C.[W+2]. The first-order chi connectivity index (χ1) is 4.54. The van der Waals surface area contributed by atoms with Gasteiger partial charge in [-0.3, -0.25) is 4.21 Å². The Hall–Kier alpha value is 0.638. The summed E-state index contributed by atoms with van der Waals surface area (Å²) in [5.41, 5.74) is 0. The molecule has 0 spiro atoms. The van der Waals surface area contributed by atoms with Crippen LogP contribution in [0.2, 0.25) is 0 Å². The number of hydrogen-bond donors (Lipinski definition) is 0. The first-order valence-corrected chi connectivity index (χ1v) is 5.19. The van der Waals surface area contributed by atoms with Gasteiger partial charge in [0.2, 0.25) is 0 Å². The van der Waals surface area contributed by atoms with Gasteiger partial charge in [0.1, 0.15) is 0 Å². The minimum absolute atomic E-state index is 0. The molecule has 2 nitrogen and oxygen atoms in total. The summed E-state index contributed by atoms with van der Waals surface area (Å²) >= 11 is 0. The predicted octanol–water partition coefficient (Wildman–Crippen LogP) is 1.53. The molecule has 0 radical (unpaired) electrons. The maximum atomic E-state index is 11.4. The largest absolute Gasteiger partial charge is 2.00 e. The van der Waals surface area contributed by atoms with Gasteiger partial charge in [0.25, 0.3) is 0 Å². The molecule has 0 N–H and O–H groups in total. The van der Waals surface area contributed by atoms with Crippen molar-refractivity contribution in [2.75, 3.05) is 11.5 Å². The Labute approximate surface area is 84.6 Å². The standard InChI is InChI=1S/C7H15NOS.W/c1-5-10(9,6-2)8-7(3)4;/h7H,1-2,5-6H2,3-4H3;/q-2;+2. The molecule has 0 atom stereocenters. The number of nitrogens with zero attached hydrogens (tertiary/aromatic N) is 1. The van der Waals surface area contributed by atoms with Crippen molar-refractivity contribution in [3.05, 3.63) is 13.8 Å². The monoisotopic (exact) mass is 345 g/mol. The van der Waals surface area contributed by atoms with Gasteiger partial charge < -0.3 is 13.8 Å². The van der Waals surface area contributed by atoms with Crippen LogP contribution in [0.1, 0.15) is 13.8 Å². The summed E-state index contributed by atoms with van der Waals surface area (Å²) in [7, 11) is -2.06. The molecule has 0 fully saturated rings. The van der Waals surface area contributed by atoms with Gasteiger partial charge >= 0.3 is 21.1 Å². The third-order valence-electron chi connectivity index (χ3n) is 1.04. The molecule has 0 aliphatic carbocycles. The van der Waals surface area contributed by atoms with Crippen LogP contribution in [-0.2, 0) is 30.8 Å². The van der Waals surface area contributed by atoms with Crippen molar-refractivity contribution in [1.82, 2.24) is 0 Å². The van der Waals surface area contributed by atoms with Gasteiger partial charge in [-0.25, -0.2) is 4.36 Å². The minimum Gasteiger partial charge on any atom is -0.330 e. The zero-order valence-electron chi connectivity index (χ0n) is 7.08. The molecule has 0 aliphatic rings. The van der Waals surface area contributed by atoms with Crippen LogP contribution < -0.4 is 0 Å². The second-order valence-electron chi connectivity index (χ2n) is 2.38. The van der Waals surface area contributed by atoms with Gasteiger partial charge in [-0.15, -0.1) is 0 Å². The van der Waals surface area contributed by atoms with Crippen LogP contribution in [-0.4, -0.2) is 21.8 Å². The van der Waals surface area contributed by atoms with E-state index >= 15 is 0 Å². The van der Waals surface area contributed by atoms with E-state index in [9.17, 15) is 4.21 Å². The smallest absolute Gasteiger partial charge is 0.330 e. The molecule has 0 bridgehead atoms. The van der Waals surface area contributed by atoms with E-state index < -0.39 is 9.73 Å². The Morgan fingerprint density at radius 3 is 1.82 bits per heavy atom. The Morgan fingerprint density at radius 1 is 1.36 bits per heavy atom. The molecular weight excluding hydrogens is 330 g/mol. The van der Waals surface area contributed by atoms with Crippen LogP contribution in [0.25, 0.3) is 0 Å². The molecular formula is C7H15NOSW. The van der Waals surface area contributed by atoms with E-state index in [1.54, 1.807) is 0 Å². The molecule has 0 rings (SSSR count). The van der Waals surface area contributed by atoms with Gasteiger partial charge in [-0.1, -0.05) is 11.5 Å². The minimum atomic E-state index is -2.06. The molecule has 4 heteroatoms. The summed E-state index contributed by atoms with van der Waals surface area (Å²) in [5.74, 6) is 0.739. The summed E-state index contributed by atoms with van der Waals surface area (Å²) < 4.78 is 15.5. The van der Waals surface area contributed by atoms with E-state index in [0.29, 0.717) is 11.5 Å². The van der Waals surface area contributed by atoms with Crippen molar-refractivity contribution in [3.8, 4) is 0 Å². The number of hydrogen-bond acceptors (Lipinski definition) is 2. The molecule has 0 saturated carbocycles. The maximum Gasteiger partial charge on any atom is 2.00 e. The Balaban J connectivity index is 0. The molecule has 0 saturated heterocycles. The predicted molar refractivity (Wildman–Crippen MR) is 46.2 cm³/mol. The molecule has 11 heavy (non-hydrogen) atoms. The van der Waals surface area contributed by atoms with Crippen molar-refractivity contribution in [3.63, 3.8) is 0 Å². The van der Waals surface area contributed by atoms with E-state index in [1.165, 1.54) is 0 Å². The summed E-state index contributed by atoms with van der Waals surface area (Å²) in [4.78, 5) is 0. The van der Waals surface area contributed by atoms with Crippen LogP contribution in [0.4, 0.5) is 0 Å².